The smallest absolute Gasteiger partial charge is 0.294 e. The Bertz CT molecular complexity index is 1050. The second kappa shape index (κ2) is 7.43. The summed E-state index contributed by atoms with van der Waals surface area (Å²) < 4.78 is 8.05. The lowest BCUT2D eigenvalue weighted by Gasteiger charge is -2.27. The maximum absolute atomic E-state index is 12.8. The van der Waals surface area contributed by atoms with Gasteiger partial charge in [-0.15, -0.1) is 0 Å². The fourth-order valence-electron chi connectivity index (χ4n) is 3.19. The van der Waals surface area contributed by atoms with Crippen LogP contribution in [0.2, 0.25) is 0 Å². The molecular weight excluding hydrogens is 428 g/mol. The molecule has 1 aromatic heterocycles. The van der Waals surface area contributed by atoms with E-state index >= 15 is 0 Å². The molecule has 1 aliphatic rings. The summed E-state index contributed by atoms with van der Waals surface area (Å²) in [5.41, 5.74) is 1.28. The monoisotopic (exact) mass is 442 g/mol. The number of imidazole rings is 1. The summed E-state index contributed by atoms with van der Waals surface area (Å²) in [7, 11) is 0. The number of rotatable bonds is 4. The van der Waals surface area contributed by atoms with Crippen molar-refractivity contribution in [3.05, 3.63) is 80.8 Å². The predicted molar refractivity (Wildman–Crippen MR) is 105 cm³/mol. The lowest BCUT2D eigenvalue weighted by molar-refractivity contribution is -0.384. The Kier molecular flexibility index (Phi) is 4.82. The van der Waals surface area contributed by atoms with Gasteiger partial charge >= 0.3 is 0 Å². The van der Waals surface area contributed by atoms with Crippen molar-refractivity contribution in [3.8, 4) is 11.4 Å². The zero-order valence-electron chi connectivity index (χ0n) is 14.5. The first kappa shape index (κ1) is 18.2. The molecule has 28 heavy (non-hydrogen) atoms. The number of nitrogens with one attached hydrogen (secondary N) is 1. The van der Waals surface area contributed by atoms with Crippen LogP contribution in [0.25, 0.3) is 5.69 Å². The highest BCUT2D eigenvalue weighted by Crippen LogP contribution is 2.34. The van der Waals surface area contributed by atoms with E-state index in [4.69, 9.17) is 4.74 Å². The quantitative estimate of drug-likeness (QED) is 0.489. The minimum atomic E-state index is -0.507. The first-order valence-electron chi connectivity index (χ1n) is 8.53. The second-order valence-corrected chi connectivity index (χ2v) is 7.19. The molecule has 3 aromatic rings. The number of nitrogens with zero attached hydrogens (tertiary/aromatic N) is 3. The first-order chi connectivity index (χ1) is 13.5. The number of benzene rings is 2. The first-order valence-corrected chi connectivity index (χ1v) is 9.32. The molecule has 0 fully saturated rings. The number of carbonyl (C=O) groups is 1. The van der Waals surface area contributed by atoms with E-state index in [0.29, 0.717) is 18.7 Å². The average molecular weight is 443 g/mol. The zero-order valence-corrected chi connectivity index (χ0v) is 16.1. The Balaban J connectivity index is 1.62. The Morgan fingerprint density at radius 3 is 2.93 bits per heavy atom. The number of hydrogen-bond donors (Lipinski definition) is 1. The van der Waals surface area contributed by atoms with Crippen molar-refractivity contribution in [2.24, 2.45) is 0 Å². The molecule has 2 heterocycles. The number of ether oxygens (including phenoxy) is 1. The molecule has 1 N–H and O–H groups in total. The van der Waals surface area contributed by atoms with E-state index in [2.05, 4.69) is 26.2 Å². The third-order valence-corrected chi connectivity index (χ3v) is 5.03. The Labute approximate surface area is 168 Å². The number of fused-ring (bicyclic) bond motifs is 1. The maximum atomic E-state index is 12.8. The molecule has 1 atom stereocenters. The summed E-state index contributed by atoms with van der Waals surface area (Å²) in [6, 6.07) is 9.79. The minimum Gasteiger partial charge on any atom is -0.493 e. The molecule has 0 aliphatic carbocycles. The van der Waals surface area contributed by atoms with Crippen molar-refractivity contribution in [3.63, 3.8) is 0 Å². The third kappa shape index (κ3) is 3.48. The number of nitro groups is 1. The predicted octanol–water partition coefficient (Wildman–Crippen LogP) is 3.80. The molecule has 4 rings (SSSR count). The summed E-state index contributed by atoms with van der Waals surface area (Å²) in [4.78, 5) is 27.7. The van der Waals surface area contributed by atoms with Gasteiger partial charge in [0.2, 0.25) is 0 Å². The van der Waals surface area contributed by atoms with Crippen molar-refractivity contribution >= 4 is 27.5 Å². The highest BCUT2D eigenvalue weighted by Gasteiger charge is 2.25. The fourth-order valence-corrected chi connectivity index (χ4v) is 3.57. The van der Waals surface area contributed by atoms with Gasteiger partial charge in [-0.25, -0.2) is 4.98 Å². The molecular formula is C19H15BrN4O4. The average Bonchev–Trinajstić information content (AvgIpc) is 3.22. The molecule has 0 spiro atoms. The molecule has 0 saturated carbocycles. The van der Waals surface area contributed by atoms with Crippen molar-refractivity contribution in [2.75, 3.05) is 6.61 Å². The molecule has 1 aliphatic heterocycles. The van der Waals surface area contributed by atoms with Gasteiger partial charge in [0, 0.05) is 40.5 Å². The summed E-state index contributed by atoms with van der Waals surface area (Å²) in [6.45, 7) is 0.485. The fraction of sp³-hybridized carbons (Fsp3) is 0.158. The standard InChI is InChI=1S/C19H15BrN4O4/c20-13-2-4-18-14(10-13)15(5-8-28-18)22-19(25)12-1-3-16(17(9-12)24(26)27)23-7-6-21-11-23/h1-4,6-7,9-11,15H,5,8H2,(H,22,25). The topological polar surface area (TPSA) is 99.3 Å². The van der Waals surface area contributed by atoms with E-state index in [0.717, 1.165) is 15.8 Å². The van der Waals surface area contributed by atoms with Gasteiger partial charge in [-0.2, -0.15) is 0 Å². The Morgan fingerprint density at radius 1 is 1.32 bits per heavy atom. The summed E-state index contributed by atoms with van der Waals surface area (Å²) >= 11 is 3.43. The molecule has 142 valence electrons. The molecule has 0 saturated heterocycles. The molecule has 0 radical (unpaired) electrons. The van der Waals surface area contributed by atoms with Crippen molar-refractivity contribution in [2.45, 2.75) is 12.5 Å². The number of hydrogen-bond acceptors (Lipinski definition) is 5. The van der Waals surface area contributed by atoms with Gasteiger partial charge in [0.05, 0.1) is 23.9 Å². The van der Waals surface area contributed by atoms with Gasteiger partial charge < -0.3 is 14.6 Å². The molecule has 8 nitrogen and oxygen atoms in total. The van der Waals surface area contributed by atoms with E-state index in [1.54, 1.807) is 18.3 Å². The van der Waals surface area contributed by atoms with Gasteiger partial charge in [0.15, 0.2) is 0 Å². The lowest BCUT2D eigenvalue weighted by atomic mass is 10.00. The minimum absolute atomic E-state index is 0.166. The van der Waals surface area contributed by atoms with Crippen LogP contribution in [0.3, 0.4) is 0 Å². The Morgan fingerprint density at radius 2 is 2.18 bits per heavy atom. The van der Waals surface area contributed by atoms with Gasteiger partial charge in [-0.3, -0.25) is 14.9 Å². The molecule has 1 unspecified atom stereocenters. The van der Waals surface area contributed by atoms with Gasteiger partial charge in [0.25, 0.3) is 11.6 Å². The molecule has 1 amide bonds. The van der Waals surface area contributed by atoms with Crippen LogP contribution >= 0.6 is 15.9 Å². The van der Waals surface area contributed by atoms with Crippen molar-refractivity contribution in [1.29, 1.82) is 0 Å². The van der Waals surface area contributed by atoms with Crippen LogP contribution in [0.4, 0.5) is 5.69 Å². The molecule has 0 bridgehead atoms. The second-order valence-electron chi connectivity index (χ2n) is 6.28. The summed E-state index contributed by atoms with van der Waals surface area (Å²) in [5, 5.41) is 14.5. The van der Waals surface area contributed by atoms with Gasteiger partial charge in [0.1, 0.15) is 11.4 Å². The number of carbonyl (C=O) groups excluding carboxylic acids is 1. The number of nitro benzene ring substituents is 1. The van der Waals surface area contributed by atoms with Gasteiger partial charge in [-0.05, 0) is 30.3 Å². The van der Waals surface area contributed by atoms with Crippen molar-refractivity contribution < 1.29 is 14.5 Å². The highest BCUT2D eigenvalue weighted by atomic mass is 79.9. The lowest BCUT2D eigenvalue weighted by Crippen LogP contribution is -2.32. The van der Waals surface area contributed by atoms with E-state index in [-0.39, 0.29) is 23.2 Å². The van der Waals surface area contributed by atoms with E-state index in [1.807, 2.05) is 18.2 Å². The molecule has 9 heteroatoms. The normalized spacial score (nSPS) is 15.4. The van der Waals surface area contributed by atoms with Crippen LogP contribution in [-0.2, 0) is 0 Å². The Hall–Kier alpha value is -3.20. The molecule has 2 aromatic carbocycles. The van der Waals surface area contributed by atoms with E-state index < -0.39 is 4.92 Å². The highest BCUT2D eigenvalue weighted by molar-refractivity contribution is 9.10. The summed E-state index contributed by atoms with van der Waals surface area (Å²) in [6.07, 6.45) is 5.23. The summed E-state index contributed by atoms with van der Waals surface area (Å²) in [5.74, 6) is 0.347. The largest absolute Gasteiger partial charge is 0.493 e. The zero-order chi connectivity index (χ0) is 19.7. The van der Waals surface area contributed by atoms with Crippen LogP contribution in [-0.4, -0.2) is 27.0 Å². The number of halogens is 1. The van der Waals surface area contributed by atoms with Crippen LogP contribution < -0.4 is 10.1 Å². The van der Waals surface area contributed by atoms with Crippen LogP contribution in [0, 0.1) is 10.1 Å². The van der Waals surface area contributed by atoms with E-state index in [1.165, 1.54) is 23.2 Å². The van der Waals surface area contributed by atoms with Crippen LogP contribution in [0.1, 0.15) is 28.4 Å². The van der Waals surface area contributed by atoms with Crippen LogP contribution in [0.5, 0.6) is 5.75 Å². The number of amides is 1. The van der Waals surface area contributed by atoms with Crippen LogP contribution in [0.15, 0.2) is 59.6 Å². The van der Waals surface area contributed by atoms with E-state index in [9.17, 15) is 14.9 Å². The maximum Gasteiger partial charge on any atom is 0.294 e. The van der Waals surface area contributed by atoms with Crippen molar-refractivity contribution in [1.82, 2.24) is 14.9 Å². The van der Waals surface area contributed by atoms with Gasteiger partial charge in [-0.1, -0.05) is 15.9 Å². The number of aromatic nitrogens is 2. The SMILES string of the molecule is O=C(NC1CCOc2ccc(Br)cc21)c1ccc(-n2ccnc2)c([N+](=O)[O-])c1. The third-order valence-electron chi connectivity index (χ3n) is 4.53.